The minimum absolute atomic E-state index is 0.0536. The number of amides is 1. The number of rotatable bonds is 6. The first-order valence-corrected chi connectivity index (χ1v) is 11.8. The summed E-state index contributed by atoms with van der Waals surface area (Å²) in [6, 6.07) is 18.3. The van der Waals surface area contributed by atoms with E-state index in [9.17, 15) is 4.79 Å². The van der Waals surface area contributed by atoms with Gasteiger partial charge in [-0.05, 0) is 29.8 Å². The van der Waals surface area contributed by atoms with Gasteiger partial charge in [0.1, 0.15) is 0 Å². The van der Waals surface area contributed by atoms with Gasteiger partial charge < -0.3 is 14.1 Å². The van der Waals surface area contributed by atoms with E-state index in [1.54, 1.807) is 4.90 Å². The zero-order valence-corrected chi connectivity index (χ0v) is 18.5. The molecule has 0 radical (unpaired) electrons. The van der Waals surface area contributed by atoms with E-state index in [1.807, 2.05) is 42.1 Å². The Morgan fingerprint density at radius 2 is 1.78 bits per heavy atom. The molecule has 3 aliphatic heterocycles. The van der Waals surface area contributed by atoms with Gasteiger partial charge in [-0.1, -0.05) is 30.3 Å². The highest BCUT2D eigenvalue weighted by atomic mass is 32.2. The molecule has 3 aliphatic rings. The number of nitrogens with zero attached hydrogens (tertiary/aromatic N) is 4. The van der Waals surface area contributed by atoms with Crippen LogP contribution in [0.4, 0.5) is 0 Å². The molecular formula is C24H24N4O3S. The van der Waals surface area contributed by atoms with Crippen LogP contribution in [0, 0.1) is 5.41 Å². The number of benzene rings is 2. The number of ether oxygens (including phenoxy) is 1. The molecule has 0 saturated carbocycles. The third-order valence-electron chi connectivity index (χ3n) is 6.33. The predicted molar refractivity (Wildman–Crippen MR) is 120 cm³/mol. The minimum Gasteiger partial charge on any atom is -0.412 e. The van der Waals surface area contributed by atoms with Crippen molar-refractivity contribution in [2.24, 2.45) is 5.41 Å². The number of aromatic nitrogens is 2. The quantitative estimate of drug-likeness (QED) is 0.574. The van der Waals surface area contributed by atoms with Crippen LogP contribution < -0.4 is 0 Å². The summed E-state index contributed by atoms with van der Waals surface area (Å²) in [6.45, 7) is 6.55. The maximum atomic E-state index is 12.6. The highest BCUT2D eigenvalue weighted by molar-refractivity contribution is 8.00. The molecule has 0 bridgehead atoms. The first-order chi connectivity index (χ1) is 15.7. The summed E-state index contributed by atoms with van der Waals surface area (Å²) in [4.78, 5) is 18.1. The number of hydrogen-bond acceptors (Lipinski definition) is 7. The van der Waals surface area contributed by atoms with Crippen molar-refractivity contribution in [2.45, 2.75) is 16.7 Å². The predicted octanol–water partition coefficient (Wildman–Crippen LogP) is 3.19. The van der Waals surface area contributed by atoms with Crippen LogP contribution in [-0.2, 0) is 11.3 Å². The number of carbonyl (C=O) groups is 1. The van der Waals surface area contributed by atoms with Crippen molar-refractivity contribution >= 4 is 17.7 Å². The van der Waals surface area contributed by atoms with Crippen LogP contribution in [0.25, 0.3) is 11.5 Å². The van der Waals surface area contributed by atoms with E-state index in [0.717, 1.165) is 38.4 Å². The van der Waals surface area contributed by atoms with E-state index in [1.165, 1.54) is 10.5 Å². The number of likely N-dealkylation sites (tertiary alicyclic amines) is 2. The average molecular weight is 449 g/mol. The van der Waals surface area contributed by atoms with Crippen LogP contribution in [0.5, 0.6) is 0 Å². The fourth-order valence-electron chi connectivity index (χ4n) is 4.53. The summed E-state index contributed by atoms with van der Waals surface area (Å²) in [6.07, 6.45) is 0. The molecule has 7 nitrogen and oxygen atoms in total. The molecule has 1 aromatic heterocycles. The lowest BCUT2D eigenvalue weighted by Crippen LogP contribution is -2.65. The lowest BCUT2D eigenvalue weighted by atomic mass is 9.78. The van der Waals surface area contributed by atoms with Crippen molar-refractivity contribution < 1.29 is 13.9 Å². The Morgan fingerprint density at radius 1 is 1.03 bits per heavy atom. The molecule has 0 aliphatic carbocycles. The van der Waals surface area contributed by atoms with Crippen LogP contribution >= 0.6 is 11.8 Å². The minimum atomic E-state index is -0.198. The van der Waals surface area contributed by atoms with Gasteiger partial charge in [0.2, 0.25) is 5.89 Å². The first kappa shape index (κ1) is 20.0. The second kappa shape index (κ2) is 8.03. The van der Waals surface area contributed by atoms with Gasteiger partial charge in [0.05, 0.1) is 13.2 Å². The van der Waals surface area contributed by atoms with Gasteiger partial charge >= 0.3 is 11.8 Å². The molecule has 3 fully saturated rings. The molecular weight excluding hydrogens is 424 g/mol. The van der Waals surface area contributed by atoms with Gasteiger partial charge in [0.25, 0.3) is 0 Å². The second-order valence-corrected chi connectivity index (χ2v) is 10.4. The van der Waals surface area contributed by atoms with Gasteiger partial charge in [-0.15, -0.1) is 22.0 Å². The van der Waals surface area contributed by atoms with E-state index >= 15 is 0 Å². The van der Waals surface area contributed by atoms with Crippen LogP contribution in [0.3, 0.4) is 0 Å². The molecule has 3 saturated heterocycles. The van der Waals surface area contributed by atoms with Crippen molar-refractivity contribution in [3.63, 3.8) is 0 Å². The van der Waals surface area contributed by atoms with Gasteiger partial charge in [-0.25, -0.2) is 0 Å². The third-order valence-corrected chi connectivity index (χ3v) is 7.51. The van der Waals surface area contributed by atoms with Gasteiger partial charge in [0, 0.05) is 53.8 Å². The highest BCUT2D eigenvalue weighted by Gasteiger charge is 2.48. The first-order valence-electron chi connectivity index (χ1n) is 10.9. The van der Waals surface area contributed by atoms with Crippen molar-refractivity contribution in [3.05, 3.63) is 66.1 Å². The van der Waals surface area contributed by atoms with E-state index < -0.39 is 0 Å². The molecule has 32 heavy (non-hydrogen) atoms. The molecule has 0 atom stereocenters. The van der Waals surface area contributed by atoms with Crippen molar-refractivity contribution in [2.75, 3.05) is 39.4 Å². The number of thioether (sulfide) groups is 1. The Kier molecular flexibility index (Phi) is 5.01. The summed E-state index contributed by atoms with van der Waals surface area (Å²) < 4.78 is 10.9. The Balaban J connectivity index is 0.979. The third kappa shape index (κ3) is 3.83. The zero-order chi connectivity index (χ0) is 21.5. The SMILES string of the molecule is O=C(c1nnc(-c2ccccc2)o1)N1CC(Sc2ccc(CN3CC4(COC4)C3)cc2)C1. The summed E-state index contributed by atoms with van der Waals surface area (Å²) in [5, 5.41) is 8.34. The maximum absolute atomic E-state index is 12.6. The lowest BCUT2D eigenvalue weighted by Gasteiger charge is -2.55. The van der Waals surface area contributed by atoms with Gasteiger partial charge in [0.15, 0.2) is 0 Å². The molecule has 1 amide bonds. The van der Waals surface area contributed by atoms with Gasteiger partial charge in [-0.3, -0.25) is 9.69 Å². The fourth-order valence-corrected chi connectivity index (χ4v) is 5.72. The van der Waals surface area contributed by atoms with E-state index in [4.69, 9.17) is 9.15 Å². The Bertz CT molecular complexity index is 1100. The normalized spacial score (nSPS) is 19.9. The molecule has 2 aromatic carbocycles. The molecule has 1 spiro atoms. The Labute approximate surface area is 190 Å². The second-order valence-electron chi connectivity index (χ2n) is 9.01. The highest BCUT2D eigenvalue weighted by Crippen LogP contribution is 2.38. The standard InChI is InChI=1S/C24H24N4O3S/c29-23(22-26-25-21(31-22)18-4-2-1-3-5-18)28-11-20(12-28)32-19-8-6-17(7-9-19)10-27-13-24(14-27)15-30-16-24/h1-9,20H,10-16H2. The summed E-state index contributed by atoms with van der Waals surface area (Å²) >= 11 is 1.82. The zero-order valence-electron chi connectivity index (χ0n) is 17.6. The Morgan fingerprint density at radius 3 is 2.47 bits per heavy atom. The summed E-state index contributed by atoms with van der Waals surface area (Å²) in [5.74, 6) is 0.226. The number of hydrogen-bond donors (Lipinski definition) is 0. The van der Waals surface area contributed by atoms with E-state index in [2.05, 4.69) is 39.4 Å². The Hall–Kier alpha value is -2.68. The van der Waals surface area contributed by atoms with E-state index in [0.29, 0.717) is 29.6 Å². The molecule has 4 heterocycles. The lowest BCUT2D eigenvalue weighted by molar-refractivity contribution is -0.191. The molecule has 0 N–H and O–H groups in total. The molecule has 3 aromatic rings. The van der Waals surface area contributed by atoms with Crippen molar-refractivity contribution in [1.82, 2.24) is 20.0 Å². The molecule has 8 heteroatoms. The van der Waals surface area contributed by atoms with E-state index in [-0.39, 0.29) is 11.8 Å². The average Bonchev–Trinajstić information content (AvgIpc) is 3.23. The van der Waals surface area contributed by atoms with Crippen LogP contribution in [0.1, 0.15) is 16.2 Å². The summed E-state index contributed by atoms with van der Waals surface area (Å²) in [5.41, 5.74) is 2.62. The smallest absolute Gasteiger partial charge is 0.311 e. The molecule has 164 valence electrons. The fraction of sp³-hybridized carbons (Fsp3) is 0.375. The van der Waals surface area contributed by atoms with Crippen LogP contribution in [0.2, 0.25) is 0 Å². The molecule has 6 rings (SSSR count). The number of carbonyl (C=O) groups excluding carboxylic acids is 1. The van der Waals surface area contributed by atoms with Gasteiger partial charge in [-0.2, -0.15) is 0 Å². The topological polar surface area (TPSA) is 71.7 Å². The van der Waals surface area contributed by atoms with Crippen LogP contribution in [-0.4, -0.2) is 70.5 Å². The van der Waals surface area contributed by atoms with Crippen molar-refractivity contribution in [1.29, 1.82) is 0 Å². The maximum Gasteiger partial charge on any atom is 0.311 e. The van der Waals surface area contributed by atoms with Crippen molar-refractivity contribution in [3.8, 4) is 11.5 Å². The molecule has 0 unspecified atom stereocenters. The monoisotopic (exact) mass is 448 g/mol. The van der Waals surface area contributed by atoms with Crippen LogP contribution in [0.15, 0.2) is 63.9 Å². The largest absolute Gasteiger partial charge is 0.412 e. The summed E-state index contributed by atoms with van der Waals surface area (Å²) in [7, 11) is 0.